The number of carbonyl (C=O) groups excluding carboxylic acids is 1. The van der Waals surface area contributed by atoms with E-state index < -0.39 is 5.97 Å². The van der Waals surface area contributed by atoms with E-state index in [1.54, 1.807) is 35.1 Å². The Morgan fingerprint density at radius 3 is 2.77 bits per heavy atom. The lowest BCUT2D eigenvalue weighted by atomic mass is 10.1. The molecule has 8 nitrogen and oxygen atoms in total. The number of methoxy groups -OCH3 is 1. The number of aromatic nitrogens is 5. The Labute approximate surface area is 148 Å². The standard InChI is InChI=1S/C18H13N5O3/c1-25-18(24)13-7-5-6-12(10-13)17-19-16(21-26-17)15-11-23(22-20-15)14-8-3-2-4-9-14/h2-11H,1H3. The van der Waals surface area contributed by atoms with Gasteiger partial charge in [0.1, 0.15) is 0 Å². The minimum absolute atomic E-state index is 0.278. The molecule has 0 spiro atoms. The fourth-order valence-corrected chi connectivity index (χ4v) is 2.42. The van der Waals surface area contributed by atoms with Crippen molar-refractivity contribution >= 4 is 5.97 Å². The number of ether oxygens (including phenoxy) is 1. The highest BCUT2D eigenvalue weighted by atomic mass is 16.5. The number of hydrogen-bond acceptors (Lipinski definition) is 7. The molecule has 128 valence electrons. The molecule has 0 fully saturated rings. The molecular weight excluding hydrogens is 334 g/mol. The Kier molecular flexibility index (Phi) is 3.98. The summed E-state index contributed by atoms with van der Waals surface area (Å²) >= 11 is 0. The van der Waals surface area contributed by atoms with Gasteiger partial charge in [-0.2, -0.15) is 4.98 Å². The van der Waals surface area contributed by atoms with Crippen molar-refractivity contribution < 1.29 is 14.1 Å². The molecule has 0 bridgehead atoms. The third-order valence-corrected chi connectivity index (χ3v) is 3.70. The Hall–Kier alpha value is -3.81. The first kappa shape index (κ1) is 15.7. The monoisotopic (exact) mass is 347 g/mol. The molecule has 4 aromatic rings. The molecule has 4 rings (SSSR count). The summed E-state index contributed by atoms with van der Waals surface area (Å²) in [4.78, 5) is 16.0. The van der Waals surface area contributed by atoms with E-state index in [1.807, 2.05) is 30.3 Å². The second kappa shape index (κ2) is 6.60. The van der Waals surface area contributed by atoms with Crippen LogP contribution in [0, 0.1) is 0 Å². The largest absolute Gasteiger partial charge is 0.465 e. The Bertz CT molecular complexity index is 1060. The van der Waals surface area contributed by atoms with Gasteiger partial charge in [-0.1, -0.05) is 34.6 Å². The smallest absolute Gasteiger partial charge is 0.337 e. The zero-order chi connectivity index (χ0) is 17.9. The number of para-hydroxylation sites is 1. The van der Waals surface area contributed by atoms with Crippen LogP contribution in [0.4, 0.5) is 0 Å². The highest BCUT2D eigenvalue weighted by Crippen LogP contribution is 2.22. The van der Waals surface area contributed by atoms with Crippen LogP contribution in [0.5, 0.6) is 0 Å². The third-order valence-electron chi connectivity index (χ3n) is 3.70. The predicted molar refractivity (Wildman–Crippen MR) is 91.4 cm³/mol. The van der Waals surface area contributed by atoms with E-state index in [0.717, 1.165) is 5.69 Å². The van der Waals surface area contributed by atoms with Gasteiger partial charge in [0.05, 0.1) is 24.6 Å². The fourth-order valence-electron chi connectivity index (χ4n) is 2.42. The number of esters is 1. The maximum absolute atomic E-state index is 11.7. The van der Waals surface area contributed by atoms with Gasteiger partial charge in [-0.3, -0.25) is 0 Å². The van der Waals surface area contributed by atoms with Gasteiger partial charge < -0.3 is 9.26 Å². The summed E-state index contributed by atoms with van der Waals surface area (Å²) in [6, 6.07) is 16.4. The van der Waals surface area contributed by atoms with Crippen LogP contribution in [-0.2, 0) is 4.74 Å². The van der Waals surface area contributed by atoms with Crippen LogP contribution in [0.2, 0.25) is 0 Å². The van der Waals surface area contributed by atoms with Crippen LogP contribution in [0.1, 0.15) is 10.4 Å². The van der Waals surface area contributed by atoms with Gasteiger partial charge in [0, 0.05) is 5.56 Å². The van der Waals surface area contributed by atoms with E-state index in [1.165, 1.54) is 7.11 Å². The summed E-state index contributed by atoms with van der Waals surface area (Å²) in [6.07, 6.45) is 1.72. The minimum atomic E-state index is -0.433. The zero-order valence-corrected chi connectivity index (χ0v) is 13.7. The summed E-state index contributed by atoms with van der Waals surface area (Å²) in [7, 11) is 1.33. The first-order valence-electron chi connectivity index (χ1n) is 7.75. The van der Waals surface area contributed by atoms with E-state index in [-0.39, 0.29) is 5.89 Å². The van der Waals surface area contributed by atoms with Crippen molar-refractivity contribution in [2.75, 3.05) is 7.11 Å². The lowest BCUT2D eigenvalue weighted by molar-refractivity contribution is 0.0601. The highest BCUT2D eigenvalue weighted by molar-refractivity contribution is 5.90. The molecule has 0 aliphatic rings. The number of rotatable bonds is 4. The summed E-state index contributed by atoms with van der Waals surface area (Å²) in [5, 5.41) is 12.1. The summed E-state index contributed by atoms with van der Waals surface area (Å²) in [5.74, 6) is 0.156. The average molecular weight is 347 g/mol. The molecule has 0 aliphatic carbocycles. The second-order valence-corrected chi connectivity index (χ2v) is 5.38. The number of hydrogen-bond donors (Lipinski definition) is 0. The quantitative estimate of drug-likeness (QED) is 0.524. The molecule has 2 aromatic heterocycles. The van der Waals surface area contributed by atoms with Crippen LogP contribution in [0.15, 0.2) is 65.3 Å². The number of nitrogens with zero attached hydrogens (tertiary/aromatic N) is 5. The van der Waals surface area contributed by atoms with Crippen molar-refractivity contribution in [3.05, 3.63) is 66.4 Å². The molecule has 0 atom stereocenters. The molecule has 0 saturated carbocycles. The van der Waals surface area contributed by atoms with Crippen molar-refractivity contribution in [3.8, 4) is 28.7 Å². The molecule has 26 heavy (non-hydrogen) atoms. The predicted octanol–water partition coefficient (Wildman–Crippen LogP) is 2.77. The SMILES string of the molecule is COC(=O)c1cccc(-c2nc(-c3cn(-c4ccccc4)nn3)no2)c1. The maximum atomic E-state index is 11.7. The molecular formula is C18H13N5O3. The van der Waals surface area contributed by atoms with Gasteiger partial charge in [-0.15, -0.1) is 5.10 Å². The molecule has 8 heteroatoms. The number of benzene rings is 2. The maximum Gasteiger partial charge on any atom is 0.337 e. The fraction of sp³-hybridized carbons (Fsp3) is 0.0556. The molecule has 2 heterocycles. The molecule has 0 radical (unpaired) electrons. The molecule has 0 N–H and O–H groups in total. The molecule has 0 amide bonds. The van der Waals surface area contributed by atoms with E-state index >= 15 is 0 Å². The number of carbonyl (C=O) groups is 1. The zero-order valence-electron chi connectivity index (χ0n) is 13.7. The molecule has 0 aliphatic heterocycles. The van der Waals surface area contributed by atoms with E-state index in [0.29, 0.717) is 22.6 Å². The minimum Gasteiger partial charge on any atom is -0.465 e. The van der Waals surface area contributed by atoms with Crippen LogP contribution in [0.3, 0.4) is 0 Å². The van der Waals surface area contributed by atoms with E-state index in [4.69, 9.17) is 9.26 Å². The normalized spacial score (nSPS) is 10.7. The summed E-state index contributed by atoms with van der Waals surface area (Å²) < 4.78 is 11.6. The topological polar surface area (TPSA) is 95.9 Å². The molecule has 0 unspecified atom stereocenters. The highest BCUT2D eigenvalue weighted by Gasteiger charge is 2.15. The van der Waals surface area contributed by atoms with Crippen LogP contribution >= 0.6 is 0 Å². The lowest BCUT2D eigenvalue weighted by Crippen LogP contribution is -2.00. The van der Waals surface area contributed by atoms with Gasteiger partial charge >= 0.3 is 5.97 Å². The van der Waals surface area contributed by atoms with Crippen molar-refractivity contribution in [2.45, 2.75) is 0 Å². The Morgan fingerprint density at radius 2 is 1.96 bits per heavy atom. The molecule has 0 saturated heterocycles. The average Bonchev–Trinajstić information content (AvgIpc) is 3.37. The van der Waals surface area contributed by atoms with Crippen molar-refractivity contribution in [1.29, 1.82) is 0 Å². The van der Waals surface area contributed by atoms with E-state index in [9.17, 15) is 4.79 Å². The van der Waals surface area contributed by atoms with Gasteiger partial charge in [-0.25, -0.2) is 9.48 Å². The molecule has 2 aromatic carbocycles. The van der Waals surface area contributed by atoms with Gasteiger partial charge in [0.15, 0.2) is 5.69 Å². The van der Waals surface area contributed by atoms with Crippen LogP contribution in [0.25, 0.3) is 28.7 Å². The second-order valence-electron chi connectivity index (χ2n) is 5.38. The van der Waals surface area contributed by atoms with Crippen LogP contribution < -0.4 is 0 Å². The van der Waals surface area contributed by atoms with Crippen LogP contribution in [-0.4, -0.2) is 38.2 Å². The van der Waals surface area contributed by atoms with Crippen molar-refractivity contribution in [3.63, 3.8) is 0 Å². The lowest BCUT2D eigenvalue weighted by Gasteiger charge is -1.99. The first-order valence-corrected chi connectivity index (χ1v) is 7.75. The van der Waals surface area contributed by atoms with Gasteiger partial charge in [-0.05, 0) is 30.3 Å². The summed E-state index contributed by atoms with van der Waals surface area (Å²) in [5.41, 5.74) is 2.37. The first-order chi connectivity index (χ1) is 12.7. The van der Waals surface area contributed by atoms with Crippen molar-refractivity contribution in [2.24, 2.45) is 0 Å². The third kappa shape index (κ3) is 2.95. The summed E-state index contributed by atoms with van der Waals surface area (Å²) in [6.45, 7) is 0. The van der Waals surface area contributed by atoms with E-state index in [2.05, 4.69) is 20.5 Å². The van der Waals surface area contributed by atoms with Crippen molar-refractivity contribution in [1.82, 2.24) is 25.1 Å². The Morgan fingerprint density at radius 1 is 1.12 bits per heavy atom. The van der Waals surface area contributed by atoms with Gasteiger partial charge in [0.2, 0.25) is 5.82 Å². The Balaban J connectivity index is 1.63. The van der Waals surface area contributed by atoms with Gasteiger partial charge in [0.25, 0.3) is 5.89 Å².